The van der Waals surface area contributed by atoms with E-state index in [2.05, 4.69) is 9.97 Å². The number of furan rings is 1. The van der Waals surface area contributed by atoms with E-state index in [4.69, 9.17) is 27.6 Å². The third kappa shape index (κ3) is 3.69. The number of nitrogens with zero attached hydrogens (tertiary/aromatic N) is 2. The van der Waals surface area contributed by atoms with Gasteiger partial charge in [0.2, 0.25) is 0 Å². The Hall–Kier alpha value is -1.87. The maximum atomic E-state index is 12.3. The fourth-order valence-electron chi connectivity index (χ4n) is 2.65. The van der Waals surface area contributed by atoms with E-state index in [-0.39, 0.29) is 17.2 Å². The van der Waals surface area contributed by atoms with Crippen molar-refractivity contribution in [2.45, 2.75) is 30.1 Å². The third-order valence-corrected chi connectivity index (χ3v) is 6.33. The number of benzene rings is 1. The molecule has 2 amide bonds. The smallest absolute Gasteiger partial charge is 0.293 e. The lowest BCUT2D eigenvalue weighted by Crippen LogP contribution is -2.34. The molecule has 0 atom stereocenters. The highest BCUT2D eigenvalue weighted by Crippen LogP contribution is 2.35. The van der Waals surface area contributed by atoms with Gasteiger partial charge in [0, 0.05) is 12.1 Å². The molecule has 4 rings (SSSR count). The van der Waals surface area contributed by atoms with Crippen LogP contribution in [-0.2, 0) is 4.79 Å². The fraction of sp³-hybridized carbons (Fsp3) is 0.167. The largest absolute Gasteiger partial charge is 0.450 e. The molecule has 0 saturated carbocycles. The zero-order valence-corrected chi connectivity index (χ0v) is 17.8. The van der Waals surface area contributed by atoms with Gasteiger partial charge in [-0.3, -0.25) is 14.5 Å². The SMILES string of the molecule is CC(C)N1C(=O)SC(=Cc2ccc(Sc3nc4cc(Cl)c(Cl)cc4[nH]3)o2)C1=O. The van der Waals surface area contributed by atoms with Crippen LogP contribution in [0.3, 0.4) is 0 Å². The molecule has 28 heavy (non-hydrogen) atoms. The lowest BCUT2D eigenvalue weighted by molar-refractivity contribution is -0.123. The Morgan fingerprint density at radius 3 is 2.71 bits per heavy atom. The Balaban J connectivity index is 1.54. The molecule has 1 fully saturated rings. The first kappa shape index (κ1) is 19.4. The van der Waals surface area contributed by atoms with Crippen LogP contribution in [0.15, 0.2) is 43.8 Å². The van der Waals surface area contributed by atoms with Crippen LogP contribution >= 0.6 is 46.7 Å². The number of aromatic amines is 1. The number of carbonyl (C=O) groups is 2. The van der Waals surface area contributed by atoms with Crippen LogP contribution in [0.5, 0.6) is 0 Å². The van der Waals surface area contributed by atoms with Crippen LogP contribution in [0.4, 0.5) is 4.79 Å². The summed E-state index contributed by atoms with van der Waals surface area (Å²) in [6, 6.07) is 6.74. The topological polar surface area (TPSA) is 79.2 Å². The molecule has 3 aromatic rings. The molecule has 0 aliphatic carbocycles. The zero-order valence-electron chi connectivity index (χ0n) is 14.7. The molecule has 3 heterocycles. The van der Waals surface area contributed by atoms with Crippen molar-refractivity contribution in [3.05, 3.63) is 45.0 Å². The first-order valence-corrected chi connectivity index (χ1v) is 10.6. The molecule has 2 aromatic heterocycles. The van der Waals surface area contributed by atoms with Gasteiger partial charge in [-0.05, 0) is 61.6 Å². The van der Waals surface area contributed by atoms with Gasteiger partial charge in [0.25, 0.3) is 11.1 Å². The molecule has 0 unspecified atom stereocenters. The average molecular weight is 454 g/mol. The summed E-state index contributed by atoms with van der Waals surface area (Å²) >= 11 is 14.2. The second kappa shape index (κ2) is 7.51. The molecule has 1 N–H and O–H groups in total. The van der Waals surface area contributed by atoms with Crippen LogP contribution in [0.1, 0.15) is 19.6 Å². The molecule has 1 aliphatic rings. The number of halogens is 2. The minimum Gasteiger partial charge on any atom is -0.450 e. The average Bonchev–Trinajstić information content (AvgIpc) is 3.27. The first-order valence-electron chi connectivity index (χ1n) is 8.21. The summed E-state index contributed by atoms with van der Waals surface area (Å²) in [5.74, 6) is 0.181. The van der Waals surface area contributed by atoms with Crippen LogP contribution < -0.4 is 0 Å². The summed E-state index contributed by atoms with van der Waals surface area (Å²) in [4.78, 5) is 33.5. The van der Waals surface area contributed by atoms with E-state index in [1.807, 2.05) is 0 Å². The second-order valence-electron chi connectivity index (χ2n) is 6.23. The van der Waals surface area contributed by atoms with Gasteiger partial charge in [-0.1, -0.05) is 23.2 Å². The van der Waals surface area contributed by atoms with E-state index in [9.17, 15) is 9.59 Å². The number of thioether (sulfide) groups is 1. The minimum absolute atomic E-state index is 0.184. The molecule has 0 radical (unpaired) electrons. The summed E-state index contributed by atoms with van der Waals surface area (Å²) in [6.07, 6.45) is 1.58. The number of hydrogen-bond donors (Lipinski definition) is 1. The molecule has 1 aromatic carbocycles. The molecule has 1 saturated heterocycles. The van der Waals surface area contributed by atoms with E-state index in [0.29, 0.717) is 36.5 Å². The molecule has 1 aliphatic heterocycles. The summed E-state index contributed by atoms with van der Waals surface area (Å²) in [7, 11) is 0. The summed E-state index contributed by atoms with van der Waals surface area (Å²) in [5.41, 5.74) is 1.47. The van der Waals surface area contributed by atoms with Crippen LogP contribution in [0, 0.1) is 0 Å². The van der Waals surface area contributed by atoms with Gasteiger partial charge < -0.3 is 9.40 Å². The van der Waals surface area contributed by atoms with Crippen LogP contribution in [0.2, 0.25) is 10.0 Å². The molecular weight excluding hydrogens is 441 g/mol. The molecule has 0 bridgehead atoms. The van der Waals surface area contributed by atoms with Gasteiger partial charge in [-0.25, -0.2) is 4.98 Å². The number of amides is 2. The quantitative estimate of drug-likeness (QED) is 0.483. The van der Waals surface area contributed by atoms with Crippen LogP contribution in [0.25, 0.3) is 17.1 Å². The number of imidazole rings is 1. The molecule has 6 nitrogen and oxygen atoms in total. The normalized spacial score (nSPS) is 16.3. The Labute approximate surface area is 178 Å². The van der Waals surface area contributed by atoms with E-state index in [1.165, 1.54) is 16.7 Å². The molecule has 144 valence electrons. The lowest BCUT2D eigenvalue weighted by atomic mass is 10.3. The number of H-pyrrole nitrogens is 1. The Morgan fingerprint density at radius 1 is 1.25 bits per heavy atom. The molecule has 10 heteroatoms. The summed E-state index contributed by atoms with van der Waals surface area (Å²) < 4.78 is 5.75. The number of hydrogen-bond acceptors (Lipinski definition) is 6. The Bertz CT molecular complexity index is 1100. The highest BCUT2D eigenvalue weighted by molar-refractivity contribution is 8.18. The van der Waals surface area contributed by atoms with E-state index in [1.54, 1.807) is 44.2 Å². The van der Waals surface area contributed by atoms with E-state index >= 15 is 0 Å². The van der Waals surface area contributed by atoms with Crippen molar-refractivity contribution in [1.29, 1.82) is 0 Å². The monoisotopic (exact) mass is 453 g/mol. The number of imide groups is 1. The van der Waals surface area contributed by atoms with Crippen molar-refractivity contribution in [3.8, 4) is 0 Å². The Kier molecular flexibility index (Phi) is 5.22. The van der Waals surface area contributed by atoms with Crippen LogP contribution in [-0.4, -0.2) is 32.1 Å². The van der Waals surface area contributed by atoms with Gasteiger partial charge in [-0.15, -0.1) is 0 Å². The van der Waals surface area contributed by atoms with Crippen molar-refractivity contribution >= 4 is 75.0 Å². The zero-order chi connectivity index (χ0) is 20.0. The van der Waals surface area contributed by atoms with Gasteiger partial charge in [0.05, 0.1) is 26.0 Å². The highest BCUT2D eigenvalue weighted by atomic mass is 35.5. The van der Waals surface area contributed by atoms with Crippen molar-refractivity contribution < 1.29 is 14.0 Å². The second-order valence-corrected chi connectivity index (χ2v) is 9.03. The molecular formula is C18H13Cl2N3O3S2. The number of aromatic nitrogens is 2. The lowest BCUT2D eigenvalue weighted by Gasteiger charge is -2.16. The Morgan fingerprint density at radius 2 is 2.00 bits per heavy atom. The third-order valence-electron chi connectivity index (χ3n) is 3.91. The van der Waals surface area contributed by atoms with Gasteiger partial charge in [0.15, 0.2) is 10.2 Å². The standard InChI is InChI=1S/C18H13Cl2N3O3S2/c1-8(2)23-16(24)14(27-18(23)25)5-9-3-4-15(26-9)28-17-21-12-6-10(19)11(20)7-13(12)22-17/h3-8H,1-2H3,(H,21,22). The fourth-order valence-corrected chi connectivity index (χ4v) is 4.68. The first-order chi connectivity index (χ1) is 13.3. The highest BCUT2D eigenvalue weighted by Gasteiger charge is 2.36. The number of carbonyl (C=O) groups excluding carboxylic acids is 2. The maximum absolute atomic E-state index is 12.3. The minimum atomic E-state index is -0.304. The van der Waals surface area contributed by atoms with Gasteiger partial charge in [0.1, 0.15) is 5.76 Å². The summed E-state index contributed by atoms with van der Waals surface area (Å²) in [5, 5.41) is 1.82. The van der Waals surface area contributed by atoms with Crippen molar-refractivity contribution in [2.24, 2.45) is 0 Å². The van der Waals surface area contributed by atoms with E-state index < -0.39 is 0 Å². The predicted octanol–water partition coefficient (Wildman–Crippen LogP) is 6.06. The van der Waals surface area contributed by atoms with Crippen molar-refractivity contribution in [2.75, 3.05) is 0 Å². The number of rotatable bonds is 4. The predicted molar refractivity (Wildman–Crippen MR) is 112 cm³/mol. The maximum Gasteiger partial charge on any atom is 0.293 e. The van der Waals surface area contributed by atoms with Crippen molar-refractivity contribution in [3.63, 3.8) is 0 Å². The molecule has 0 spiro atoms. The van der Waals surface area contributed by atoms with E-state index in [0.717, 1.165) is 17.3 Å². The number of nitrogens with one attached hydrogen (secondary N) is 1. The number of fused-ring (bicyclic) bond motifs is 1. The van der Waals surface area contributed by atoms with Gasteiger partial charge >= 0.3 is 0 Å². The summed E-state index contributed by atoms with van der Waals surface area (Å²) in [6.45, 7) is 3.60. The van der Waals surface area contributed by atoms with Gasteiger partial charge in [-0.2, -0.15) is 0 Å². The van der Waals surface area contributed by atoms with Crippen molar-refractivity contribution in [1.82, 2.24) is 14.9 Å².